The van der Waals surface area contributed by atoms with Crippen LogP contribution < -0.4 is 10.6 Å². The number of hydrogen-bond acceptors (Lipinski definition) is 4. The van der Waals surface area contributed by atoms with E-state index in [1.165, 1.54) is 0 Å². The molecule has 3 N–H and O–H groups in total. The van der Waals surface area contributed by atoms with Crippen LogP contribution in [0.3, 0.4) is 0 Å². The van der Waals surface area contributed by atoms with E-state index < -0.39 is 27.9 Å². The summed E-state index contributed by atoms with van der Waals surface area (Å²) in [6.45, 7) is 3.77. The van der Waals surface area contributed by atoms with Crippen molar-refractivity contribution >= 4 is 21.8 Å². The third-order valence-corrected chi connectivity index (χ3v) is 4.39. The van der Waals surface area contributed by atoms with Gasteiger partial charge in [-0.3, -0.25) is 0 Å². The Morgan fingerprint density at radius 1 is 1.35 bits per heavy atom. The number of carbonyl (C=O) groups excluding carboxylic acids is 1. The van der Waals surface area contributed by atoms with E-state index >= 15 is 0 Å². The SMILES string of the molecule is CC(C)(NC(=O)NC(CCS(C)(=O)=O)C(=O)O)C1CC1. The summed E-state index contributed by atoms with van der Waals surface area (Å²) in [5.74, 6) is -1.11. The second-order valence-electron chi connectivity index (χ2n) is 5.90. The van der Waals surface area contributed by atoms with Crippen molar-refractivity contribution in [3.8, 4) is 0 Å². The molecule has 1 rings (SSSR count). The largest absolute Gasteiger partial charge is 0.480 e. The first-order valence-corrected chi connectivity index (χ1v) is 8.56. The van der Waals surface area contributed by atoms with E-state index in [4.69, 9.17) is 5.11 Å². The Morgan fingerprint density at radius 2 is 1.90 bits per heavy atom. The maximum Gasteiger partial charge on any atom is 0.326 e. The summed E-state index contributed by atoms with van der Waals surface area (Å²) in [5.41, 5.74) is -0.385. The average molecular weight is 306 g/mol. The van der Waals surface area contributed by atoms with Gasteiger partial charge in [0.15, 0.2) is 0 Å². The van der Waals surface area contributed by atoms with Crippen molar-refractivity contribution in [3.05, 3.63) is 0 Å². The molecule has 0 spiro atoms. The number of aliphatic carboxylic acids is 1. The summed E-state index contributed by atoms with van der Waals surface area (Å²) in [6, 6.07) is -1.79. The van der Waals surface area contributed by atoms with E-state index in [0.29, 0.717) is 5.92 Å². The summed E-state index contributed by atoms with van der Waals surface area (Å²) in [4.78, 5) is 22.8. The second kappa shape index (κ2) is 5.99. The lowest BCUT2D eigenvalue weighted by Crippen LogP contribution is -2.53. The smallest absolute Gasteiger partial charge is 0.326 e. The van der Waals surface area contributed by atoms with Crippen molar-refractivity contribution in [3.63, 3.8) is 0 Å². The van der Waals surface area contributed by atoms with Gasteiger partial charge in [-0.2, -0.15) is 0 Å². The van der Waals surface area contributed by atoms with Gasteiger partial charge in [0, 0.05) is 11.8 Å². The van der Waals surface area contributed by atoms with Crippen LogP contribution in [0.4, 0.5) is 4.79 Å². The molecule has 1 aliphatic rings. The van der Waals surface area contributed by atoms with E-state index in [2.05, 4.69) is 10.6 Å². The van der Waals surface area contributed by atoms with Gasteiger partial charge in [-0.15, -0.1) is 0 Å². The summed E-state index contributed by atoms with van der Waals surface area (Å²) in [5, 5.41) is 14.1. The molecule has 1 unspecified atom stereocenters. The van der Waals surface area contributed by atoms with Gasteiger partial charge in [0.25, 0.3) is 0 Å². The Hall–Kier alpha value is -1.31. The molecule has 1 aliphatic carbocycles. The van der Waals surface area contributed by atoms with E-state index in [0.717, 1.165) is 19.1 Å². The van der Waals surface area contributed by atoms with Gasteiger partial charge in [0.05, 0.1) is 5.75 Å². The molecule has 0 aromatic carbocycles. The molecular formula is C12H22N2O5S. The fourth-order valence-corrected chi connectivity index (χ4v) is 2.65. The molecule has 8 heteroatoms. The highest BCUT2D eigenvalue weighted by atomic mass is 32.2. The number of sulfone groups is 1. The van der Waals surface area contributed by atoms with Gasteiger partial charge < -0.3 is 15.7 Å². The highest BCUT2D eigenvalue weighted by Gasteiger charge is 2.39. The quantitative estimate of drug-likeness (QED) is 0.628. The average Bonchev–Trinajstić information content (AvgIpc) is 3.05. The Labute approximate surface area is 119 Å². The molecule has 0 aliphatic heterocycles. The van der Waals surface area contributed by atoms with Crippen LogP contribution in [-0.2, 0) is 14.6 Å². The third-order valence-electron chi connectivity index (χ3n) is 3.41. The Balaban J connectivity index is 2.52. The molecule has 0 bridgehead atoms. The van der Waals surface area contributed by atoms with Crippen LogP contribution in [0.2, 0.25) is 0 Å². The first-order chi connectivity index (χ1) is 9.01. The number of hydrogen-bond donors (Lipinski definition) is 3. The number of carbonyl (C=O) groups is 2. The van der Waals surface area contributed by atoms with Gasteiger partial charge in [-0.05, 0) is 39.0 Å². The molecule has 0 aromatic heterocycles. The first-order valence-electron chi connectivity index (χ1n) is 6.50. The highest BCUT2D eigenvalue weighted by Crippen LogP contribution is 2.39. The standard InChI is InChI=1S/C12H22N2O5S/c1-12(2,8-4-5-8)14-11(17)13-9(10(15)16)6-7-20(3,18)19/h8-9H,4-7H2,1-3H3,(H,15,16)(H2,13,14,17). The number of nitrogens with one attached hydrogen (secondary N) is 2. The molecule has 1 fully saturated rings. The first kappa shape index (κ1) is 16.7. The van der Waals surface area contributed by atoms with E-state index in [-0.39, 0.29) is 17.7 Å². The monoisotopic (exact) mass is 306 g/mol. The van der Waals surface area contributed by atoms with Crippen LogP contribution in [0.25, 0.3) is 0 Å². The molecule has 20 heavy (non-hydrogen) atoms. The number of carboxylic acid groups (broad SMARTS) is 1. The van der Waals surface area contributed by atoms with Crippen LogP contribution in [0.15, 0.2) is 0 Å². The Bertz CT molecular complexity index is 482. The van der Waals surface area contributed by atoms with Gasteiger partial charge in [0.2, 0.25) is 0 Å². The number of carboxylic acids is 1. The second-order valence-corrected chi connectivity index (χ2v) is 8.16. The fourth-order valence-electron chi connectivity index (χ4n) is 1.98. The predicted molar refractivity (Wildman–Crippen MR) is 74.2 cm³/mol. The minimum Gasteiger partial charge on any atom is -0.480 e. The zero-order valence-electron chi connectivity index (χ0n) is 12.0. The fraction of sp³-hybridized carbons (Fsp3) is 0.833. The van der Waals surface area contributed by atoms with Crippen molar-refractivity contribution in [2.75, 3.05) is 12.0 Å². The van der Waals surface area contributed by atoms with Crippen molar-refractivity contribution in [1.29, 1.82) is 0 Å². The molecule has 1 saturated carbocycles. The van der Waals surface area contributed by atoms with Gasteiger partial charge >= 0.3 is 12.0 Å². The lowest BCUT2D eigenvalue weighted by Gasteiger charge is -2.27. The zero-order chi connectivity index (χ0) is 15.6. The summed E-state index contributed by atoms with van der Waals surface area (Å²) in [6.07, 6.45) is 2.97. The lowest BCUT2D eigenvalue weighted by molar-refractivity contribution is -0.139. The molecule has 0 aromatic rings. The lowest BCUT2D eigenvalue weighted by atomic mass is 9.99. The van der Waals surface area contributed by atoms with Crippen molar-refractivity contribution in [1.82, 2.24) is 10.6 Å². The molecule has 1 atom stereocenters. The number of urea groups is 1. The third kappa shape index (κ3) is 5.77. The van der Waals surface area contributed by atoms with E-state index in [9.17, 15) is 18.0 Å². The van der Waals surface area contributed by atoms with Crippen molar-refractivity contribution in [2.24, 2.45) is 5.92 Å². The van der Waals surface area contributed by atoms with Crippen LogP contribution in [0.1, 0.15) is 33.1 Å². The van der Waals surface area contributed by atoms with E-state index in [1.54, 1.807) is 0 Å². The molecule has 116 valence electrons. The number of amides is 2. The summed E-state index contributed by atoms with van der Waals surface area (Å²) >= 11 is 0. The van der Waals surface area contributed by atoms with Gasteiger partial charge in [-0.25, -0.2) is 18.0 Å². The minimum absolute atomic E-state index is 0.147. The van der Waals surface area contributed by atoms with Crippen molar-refractivity contribution in [2.45, 2.75) is 44.7 Å². The molecule has 0 heterocycles. The molecular weight excluding hydrogens is 284 g/mol. The maximum absolute atomic E-state index is 11.8. The number of rotatable bonds is 7. The molecule has 0 radical (unpaired) electrons. The Morgan fingerprint density at radius 3 is 2.30 bits per heavy atom. The minimum atomic E-state index is -3.26. The predicted octanol–water partition coefficient (Wildman–Crippen LogP) is 0.362. The normalized spacial score (nSPS) is 17.4. The van der Waals surface area contributed by atoms with E-state index in [1.807, 2.05) is 13.8 Å². The zero-order valence-corrected chi connectivity index (χ0v) is 12.8. The maximum atomic E-state index is 11.8. The Kier molecular flexibility index (Phi) is 5.01. The molecule has 7 nitrogen and oxygen atoms in total. The summed E-state index contributed by atoms with van der Waals surface area (Å²) in [7, 11) is -3.26. The van der Waals surface area contributed by atoms with Gasteiger partial charge in [0.1, 0.15) is 15.9 Å². The molecule has 2 amide bonds. The molecule has 0 saturated heterocycles. The van der Waals surface area contributed by atoms with Crippen LogP contribution in [0.5, 0.6) is 0 Å². The highest BCUT2D eigenvalue weighted by molar-refractivity contribution is 7.90. The van der Waals surface area contributed by atoms with Crippen LogP contribution >= 0.6 is 0 Å². The van der Waals surface area contributed by atoms with Crippen LogP contribution in [0, 0.1) is 5.92 Å². The van der Waals surface area contributed by atoms with Crippen LogP contribution in [-0.4, -0.2) is 49.1 Å². The topological polar surface area (TPSA) is 113 Å². The van der Waals surface area contributed by atoms with Gasteiger partial charge in [-0.1, -0.05) is 0 Å². The summed E-state index contributed by atoms with van der Waals surface area (Å²) < 4.78 is 22.1. The van der Waals surface area contributed by atoms with Crippen molar-refractivity contribution < 1.29 is 23.1 Å².